The number of ether oxygens (including phenoxy) is 1. The summed E-state index contributed by atoms with van der Waals surface area (Å²) in [6.45, 7) is 7.53. The van der Waals surface area contributed by atoms with Gasteiger partial charge in [-0.25, -0.2) is 0 Å². The first-order valence-electron chi connectivity index (χ1n) is 8.34. The van der Waals surface area contributed by atoms with Gasteiger partial charge in [0.25, 0.3) is 0 Å². The molecule has 1 aliphatic rings. The standard InChI is InChI=1S/C19H25N3OS/c1-14-6-4-5-7-16(14)17-13-22(9-10-23-17)19(20-3)21-12-18-15(2)8-11-24-18/h4-8,11,17H,9-10,12-13H2,1-3H3,(H,20,21). The molecule has 1 unspecified atom stereocenters. The minimum atomic E-state index is 0.0990. The summed E-state index contributed by atoms with van der Waals surface area (Å²) in [7, 11) is 1.85. The summed E-state index contributed by atoms with van der Waals surface area (Å²) >= 11 is 1.79. The van der Waals surface area contributed by atoms with E-state index in [-0.39, 0.29) is 6.10 Å². The lowest BCUT2D eigenvalue weighted by atomic mass is 10.0. The molecule has 24 heavy (non-hydrogen) atoms. The number of nitrogens with one attached hydrogen (secondary N) is 1. The molecule has 1 aromatic heterocycles. The highest BCUT2D eigenvalue weighted by Crippen LogP contribution is 2.25. The fourth-order valence-corrected chi connectivity index (χ4v) is 3.90. The van der Waals surface area contributed by atoms with Gasteiger partial charge in [0.1, 0.15) is 6.10 Å². The van der Waals surface area contributed by atoms with E-state index in [4.69, 9.17) is 4.74 Å². The van der Waals surface area contributed by atoms with Crippen molar-refractivity contribution >= 4 is 17.3 Å². The smallest absolute Gasteiger partial charge is 0.194 e. The Balaban J connectivity index is 1.66. The number of aryl methyl sites for hydroxylation is 2. The third kappa shape index (κ3) is 3.79. The predicted molar refractivity (Wildman–Crippen MR) is 101 cm³/mol. The van der Waals surface area contributed by atoms with Crippen LogP contribution < -0.4 is 5.32 Å². The van der Waals surface area contributed by atoms with Crippen molar-refractivity contribution in [3.63, 3.8) is 0 Å². The third-order valence-electron chi connectivity index (χ3n) is 4.49. The summed E-state index contributed by atoms with van der Waals surface area (Å²) in [5.41, 5.74) is 3.89. The molecule has 1 fully saturated rings. The highest BCUT2D eigenvalue weighted by atomic mass is 32.1. The van der Waals surface area contributed by atoms with Gasteiger partial charge in [-0.05, 0) is 42.0 Å². The van der Waals surface area contributed by atoms with Crippen LogP contribution in [0.5, 0.6) is 0 Å². The van der Waals surface area contributed by atoms with Gasteiger partial charge >= 0.3 is 0 Å². The van der Waals surface area contributed by atoms with Crippen LogP contribution in [0, 0.1) is 13.8 Å². The Morgan fingerprint density at radius 3 is 2.83 bits per heavy atom. The fraction of sp³-hybridized carbons (Fsp3) is 0.421. The molecular formula is C19H25N3OS. The number of hydrogen-bond donors (Lipinski definition) is 1. The molecule has 0 saturated carbocycles. The van der Waals surface area contributed by atoms with E-state index in [2.05, 4.69) is 64.8 Å². The zero-order valence-electron chi connectivity index (χ0n) is 14.6. The minimum absolute atomic E-state index is 0.0990. The second-order valence-electron chi connectivity index (χ2n) is 6.09. The molecule has 3 rings (SSSR count). The first kappa shape index (κ1) is 17.0. The molecule has 2 heterocycles. The van der Waals surface area contributed by atoms with Crippen molar-refractivity contribution in [3.8, 4) is 0 Å². The van der Waals surface area contributed by atoms with Crippen LogP contribution in [0.2, 0.25) is 0 Å². The third-order valence-corrected chi connectivity index (χ3v) is 5.51. The summed E-state index contributed by atoms with van der Waals surface area (Å²) in [5.74, 6) is 0.949. The van der Waals surface area contributed by atoms with Crippen LogP contribution in [-0.4, -0.2) is 37.6 Å². The van der Waals surface area contributed by atoms with Gasteiger partial charge in [-0.2, -0.15) is 0 Å². The Bertz CT molecular complexity index is 710. The minimum Gasteiger partial charge on any atom is -0.370 e. The van der Waals surface area contributed by atoms with E-state index in [1.807, 2.05) is 7.05 Å². The van der Waals surface area contributed by atoms with Crippen molar-refractivity contribution in [2.75, 3.05) is 26.7 Å². The van der Waals surface area contributed by atoms with Gasteiger partial charge in [-0.15, -0.1) is 11.3 Å². The van der Waals surface area contributed by atoms with Crippen molar-refractivity contribution in [1.82, 2.24) is 10.2 Å². The van der Waals surface area contributed by atoms with Gasteiger partial charge in [0.2, 0.25) is 0 Å². The first-order chi connectivity index (χ1) is 11.7. The zero-order chi connectivity index (χ0) is 16.9. The van der Waals surface area contributed by atoms with Gasteiger partial charge in [-0.3, -0.25) is 4.99 Å². The SMILES string of the molecule is CN=C(NCc1sccc1C)N1CCOC(c2ccccc2C)C1. The zero-order valence-corrected chi connectivity index (χ0v) is 15.4. The predicted octanol–water partition coefficient (Wildman–Crippen LogP) is 3.51. The highest BCUT2D eigenvalue weighted by Gasteiger charge is 2.25. The van der Waals surface area contributed by atoms with Crippen LogP contribution in [0.25, 0.3) is 0 Å². The molecule has 0 radical (unpaired) electrons. The van der Waals surface area contributed by atoms with Gasteiger partial charge in [-0.1, -0.05) is 24.3 Å². The van der Waals surface area contributed by atoms with Gasteiger partial charge in [0, 0.05) is 18.5 Å². The lowest BCUT2D eigenvalue weighted by Crippen LogP contribution is -2.48. The Hall–Kier alpha value is -1.85. The molecule has 128 valence electrons. The molecule has 0 bridgehead atoms. The molecule has 2 aromatic rings. The molecule has 4 nitrogen and oxygen atoms in total. The Kier molecular flexibility index (Phi) is 5.53. The average molecular weight is 343 g/mol. The molecule has 1 saturated heterocycles. The van der Waals surface area contributed by atoms with E-state index in [1.54, 1.807) is 11.3 Å². The number of hydrogen-bond acceptors (Lipinski definition) is 3. The van der Waals surface area contributed by atoms with E-state index in [1.165, 1.54) is 21.6 Å². The van der Waals surface area contributed by atoms with Crippen LogP contribution >= 0.6 is 11.3 Å². The average Bonchev–Trinajstić information content (AvgIpc) is 3.01. The fourth-order valence-electron chi connectivity index (χ4n) is 3.05. The topological polar surface area (TPSA) is 36.9 Å². The number of morpholine rings is 1. The van der Waals surface area contributed by atoms with Crippen LogP contribution in [-0.2, 0) is 11.3 Å². The van der Waals surface area contributed by atoms with Crippen molar-refractivity contribution in [2.45, 2.75) is 26.5 Å². The number of thiophene rings is 1. The maximum absolute atomic E-state index is 6.02. The monoisotopic (exact) mass is 343 g/mol. The van der Waals surface area contributed by atoms with E-state index < -0.39 is 0 Å². The summed E-state index contributed by atoms with van der Waals surface area (Å²) in [5, 5.41) is 5.64. The quantitative estimate of drug-likeness (QED) is 0.684. The maximum Gasteiger partial charge on any atom is 0.194 e. The first-order valence-corrected chi connectivity index (χ1v) is 9.22. The number of aliphatic imine (C=N–C) groups is 1. The molecule has 0 spiro atoms. The lowest BCUT2D eigenvalue weighted by Gasteiger charge is -2.35. The van der Waals surface area contributed by atoms with Crippen molar-refractivity contribution in [1.29, 1.82) is 0 Å². The van der Waals surface area contributed by atoms with E-state index in [9.17, 15) is 0 Å². The molecule has 1 atom stereocenters. The summed E-state index contributed by atoms with van der Waals surface area (Å²) in [6.07, 6.45) is 0.0990. The second-order valence-corrected chi connectivity index (χ2v) is 7.09. The normalized spacial score (nSPS) is 18.7. The largest absolute Gasteiger partial charge is 0.370 e. The van der Waals surface area contributed by atoms with Crippen LogP contribution in [0.15, 0.2) is 40.7 Å². The van der Waals surface area contributed by atoms with Gasteiger partial charge in [0.15, 0.2) is 5.96 Å². The molecule has 1 aliphatic heterocycles. The Morgan fingerprint density at radius 1 is 1.29 bits per heavy atom. The van der Waals surface area contributed by atoms with Crippen LogP contribution in [0.3, 0.4) is 0 Å². The summed E-state index contributed by atoms with van der Waals surface area (Å²) < 4.78 is 6.02. The van der Waals surface area contributed by atoms with Crippen LogP contribution in [0.4, 0.5) is 0 Å². The van der Waals surface area contributed by atoms with Crippen molar-refractivity contribution in [3.05, 3.63) is 57.3 Å². The molecular weight excluding hydrogens is 318 g/mol. The number of benzene rings is 1. The Morgan fingerprint density at radius 2 is 2.12 bits per heavy atom. The molecule has 0 aliphatic carbocycles. The molecule has 1 aromatic carbocycles. The highest BCUT2D eigenvalue weighted by molar-refractivity contribution is 7.10. The molecule has 1 N–H and O–H groups in total. The van der Waals surface area contributed by atoms with E-state index in [0.29, 0.717) is 0 Å². The van der Waals surface area contributed by atoms with Crippen molar-refractivity contribution in [2.24, 2.45) is 4.99 Å². The van der Waals surface area contributed by atoms with Gasteiger partial charge < -0.3 is 15.0 Å². The summed E-state index contributed by atoms with van der Waals surface area (Å²) in [6, 6.07) is 10.6. The Labute approximate surface area is 148 Å². The number of guanidine groups is 1. The number of rotatable bonds is 3. The molecule has 0 amide bonds. The summed E-state index contributed by atoms with van der Waals surface area (Å²) in [4.78, 5) is 8.13. The van der Waals surface area contributed by atoms with Gasteiger partial charge in [0.05, 0.1) is 19.7 Å². The second kappa shape index (κ2) is 7.81. The lowest BCUT2D eigenvalue weighted by molar-refractivity contribution is -0.00833. The maximum atomic E-state index is 6.02. The van der Waals surface area contributed by atoms with Crippen LogP contribution in [0.1, 0.15) is 27.7 Å². The number of nitrogens with zero attached hydrogens (tertiary/aromatic N) is 2. The van der Waals surface area contributed by atoms with Crippen molar-refractivity contribution < 1.29 is 4.74 Å². The molecule has 5 heteroatoms. The van der Waals surface area contributed by atoms with E-state index >= 15 is 0 Å². The van der Waals surface area contributed by atoms with E-state index in [0.717, 1.165) is 32.2 Å².